The van der Waals surface area contributed by atoms with Crippen LogP contribution in [0.4, 0.5) is 11.5 Å². The van der Waals surface area contributed by atoms with Crippen LogP contribution < -0.4 is 0 Å². The van der Waals surface area contributed by atoms with E-state index in [4.69, 9.17) is 11.6 Å². The maximum absolute atomic E-state index is 10.6. The zero-order valence-corrected chi connectivity index (χ0v) is 10.3. The van der Waals surface area contributed by atoms with Gasteiger partial charge in [-0.3, -0.25) is 10.1 Å². The first-order valence-electron chi connectivity index (χ1n) is 5.19. The minimum atomic E-state index is -0.544. The number of hydrogen-bond acceptors (Lipinski definition) is 5. The van der Waals surface area contributed by atoms with E-state index in [0.717, 1.165) is 0 Å². The highest BCUT2D eigenvalue weighted by Gasteiger charge is 2.08. The average Bonchev–Trinajstić information content (AvgIpc) is 2.39. The highest BCUT2D eigenvalue weighted by atomic mass is 35.5. The van der Waals surface area contributed by atoms with Crippen molar-refractivity contribution in [3.63, 3.8) is 0 Å². The lowest BCUT2D eigenvalue weighted by Gasteiger charge is -1.98. The largest absolute Gasteiger partial charge is 0.507 e. The molecule has 1 heterocycles. The van der Waals surface area contributed by atoms with Crippen LogP contribution in [0.3, 0.4) is 0 Å². The summed E-state index contributed by atoms with van der Waals surface area (Å²) in [7, 11) is 0. The van der Waals surface area contributed by atoms with Gasteiger partial charge in [-0.25, -0.2) is 9.98 Å². The van der Waals surface area contributed by atoms with Crippen molar-refractivity contribution >= 4 is 29.3 Å². The normalized spacial score (nSPS) is 10.8. The Labute approximate surface area is 113 Å². The van der Waals surface area contributed by atoms with Crippen molar-refractivity contribution in [1.29, 1.82) is 0 Å². The fourth-order valence-corrected chi connectivity index (χ4v) is 1.45. The lowest BCUT2D eigenvalue weighted by molar-refractivity contribution is -0.384. The van der Waals surface area contributed by atoms with Crippen molar-refractivity contribution in [3.8, 4) is 5.75 Å². The minimum absolute atomic E-state index is 0.0942. The Kier molecular flexibility index (Phi) is 3.72. The molecule has 0 saturated carbocycles. The predicted octanol–water partition coefficient (Wildman–Crippen LogP) is 3.10. The molecule has 0 aliphatic heterocycles. The van der Waals surface area contributed by atoms with E-state index in [9.17, 15) is 15.2 Å². The van der Waals surface area contributed by atoms with Gasteiger partial charge in [-0.15, -0.1) is 0 Å². The van der Waals surface area contributed by atoms with E-state index < -0.39 is 4.92 Å². The Hall–Kier alpha value is -2.47. The number of halogens is 1. The molecule has 0 aliphatic carbocycles. The molecule has 19 heavy (non-hydrogen) atoms. The highest BCUT2D eigenvalue weighted by molar-refractivity contribution is 6.30. The van der Waals surface area contributed by atoms with Crippen LogP contribution in [-0.2, 0) is 0 Å². The molecule has 0 amide bonds. The maximum Gasteiger partial charge on any atom is 0.270 e. The predicted molar refractivity (Wildman–Crippen MR) is 71.3 cm³/mol. The third-order valence-corrected chi connectivity index (χ3v) is 2.49. The number of phenols is 1. The molecule has 1 N–H and O–H groups in total. The van der Waals surface area contributed by atoms with Crippen LogP contribution in [0.15, 0.2) is 41.5 Å². The van der Waals surface area contributed by atoms with Gasteiger partial charge in [0.15, 0.2) is 5.82 Å². The summed E-state index contributed by atoms with van der Waals surface area (Å²) in [6.45, 7) is 0. The number of rotatable bonds is 3. The topological polar surface area (TPSA) is 88.6 Å². The molecule has 96 valence electrons. The summed E-state index contributed by atoms with van der Waals surface area (Å²) in [5.41, 5.74) is 0.120. The van der Waals surface area contributed by atoms with Crippen molar-refractivity contribution < 1.29 is 10.0 Å². The van der Waals surface area contributed by atoms with Gasteiger partial charge in [0.05, 0.1) is 9.95 Å². The fraction of sp³-hybridized carbons (Fsp3) is 0. The fourth-order valence-electron chi connectivity index (χ4n) is 1.34. The number of nitro groups is 1. The number of aromatic hydroxyl groups is 1. The van der Waals surface area contributed by atoms with E-state index in [0.29, 0.717) is 10.8 Å². The molecule has 0 atom stereocenters. The Morgan fingerprint density at radius 3 is 2.79 bits per heavy atom. The quantitative estimate of drug-likeness (QED) is 0.530. The number of nitrogens with zero attached hydrogens (tertiary/aromatic N) is 3. The molecule has 2 rings (SSSR count). The number of pyridine rings is 1. The number of benzene rings is 1. The number of hydrogen-bond donors (Lipinski definition) is 1. The standard InChI is InChI=1S/C12H8ClN3O3/c13-9-1-4-12(15-7-9)14-6-8-5-10(16(18)19)2-3-11(8)17/h1-7,17H. The number of aromatic nitrogens is 1. The molecule has 7 heteroatoms. The molecular weight excluding hydrogens is 270 g/mol. The van der Waals surface area contributed by atoms with Gasteiger partial charge in [0.2, 0.25) is 0 Å². The second-order valence-corrected chi connectivity index (χ2v) is 4.03. The first kappa shape index (κ1) is 13.0. The molecule has 0 spiro atoms. The number of phenolic OH excluding ortho intramolecular Hbond substituents is 1. The third kappa shape index (κ3) is 3.26. The number of non-ortho nitro benzene ring substituents is 1. The van der Waals surface area contributed by atoms with E-state index in [1.165, 1.54) is 30.6 Å². The van der Waals surface area contributed by atoms with Crippen LogP contribution in [0.5, 0.6) is 5.75 Å². The van der Waals surface area contributed by atoms with Crippen LogP contribution in [0.1, 0.15) is 5.56 Å². The molecule has 0 aliphatic rings. The van der Waals surface area contributed by atoms with Gasteiger partial charge < -0.3 is 5.11 Å². The Morgan fingerprint density at radius 2 is 2.16 bits per heavy atom. The summed E-state index contributed by atoms with van der Waals surface area (Å²) >= 11 is 5.68. The van der Waals surface area contributed by atoms with E-state index >= 15 is 0 Å². The van der Waals surface area contributed by atoms with Gasteiger partial charge in [-0.05, 0) is 18.2 Å². The lowest BCUT2D eigenvalue weighted by atomic mass is 10.2. The molecule has 6 nitrogen and oxygen atoms in total. The van der Waals surface area contributed by atoms with Gasteiger partial charge >= 0.3 is 0 Å². The van der Waals surface area contributed by atoms with Crippen molar-refractivity contribution in [2.24, 2.45) is 4.99 Å². The molecular formula is C12H8ClN3O3. The Bertz CT molecular complexity index is 641. The highest BCUT2D eigenvalue weighted by Crippen LogP contribution is 2.22. The zero-order valence-electron chi connectivity index (χ0n) is 9.52. The van der Waals surface area contributed by atoms with Crippen LogP contribution in [0, 0.1) is 10.1 Å². The van der Waals surface area contributed by atoms with E-state index in [2.05, 4.69) is 9.98 Å². The molecule has 0 unspecified atom stereocenters. The minimum Gasteiger partial charge on any atom is -0.507 e. The van der Waals surface area contributed by atoms with E-state index in [1.807, 2.05) is 0 Å². The van der Waals surface area contributed by atoms with Gasteiger partial charge in [0, 0.05) is 30.1 Å². The smallest absolute Gasteiger partial charge is 0.270 e. The first-order valence-corrected chi connectivity index (χ1v) is 5.57. The van der Waals surface area contributed by atoms with Crippen molar-refractivity contribution in [1.82, 2.24) is 4.98 Å². The Morgan fingerprint density at radius 1 is 1.37 bits per heavy atom. The van der Waals surface area contributed by atoms with Crippen LogP contribution in [-0.4, -0.2) is 21.2 Å². The third-order valence-electron chi connectivity index (χ3n) is 2.27. The van der Waals surface area contributed by atoms with E-state index in [-0.39, 0.29) is 17.0 Å². The first-order chi connectivity index (χ1) is 9.06. The summed E-state index contributed by atoms with van der Waals surface area (Å²) < 4.78 is 0. The monoisotopic (exact) mass is 277 g/mol. The van der Waals surface area contributed by atoms with Gasteiger partial charge in [0.1, 0.15) is 5.75 Å². The van der Waals surface area contributed by atoms with Crippen LogP contribution in [0.25, 0.3) is 0 Å². The SMILES string of the molecule is O=[N+]([O-])c1ccc(O)c(C=Nc2ccc(Cl)cn2)c1. The molecule has 1 aromatic carbocycles. The molecule has 0 fully saturated rings. The average molecular weight is 278 g/mol. The lowest BCUT2D eigenvalue weighted by Crippen LogP contribution is -1.90. The summed E-state index contributed by atoms with van der Waals surface area (Å²) in [4.78, 5) is 18.0. The summed E-state index contributed by atoms with van der Waals surface area (Å²) in [6.07, 6.45) is 2.74. The van der Waals surface area contributed by atoms with Crippen LogP contribution in [0.2, 0.25) is 5.02 Å². The molecule has 1 aromatic heterocycles. The molecule has 0 bridgehead atoms. The zero-order chi connectivity index (χ0) is 13.8. The maximum atomic E-state index is 10.6. The molecule has 0 radical (unpaired) electrons. The van der Waals surface area contributed by atoms with Gasteiger partial charge in [-0.2, -0.15) is 0 Å². The van der Waals surface area contributed by atoms with Crippen molar-refractivity contribution in [2.75, 3.05) is 0 Å². The van der Waals surface area contributed by atoms with Crippen LogP contribution >= 0.6 is 11.6 Å². The number of aliphatic imine (C=N–C) groups is 1. The second kappa shape index (κ2) is 5.45. The summed E-state index contributed by atoms with van der Waals surface area (Å²) in [5, 5.41) is 20.7. The van der Waals surface area contributed by atoms with Gasteiger partial charge in [0.25, 0.3) is 5.69 Å². The summed E-state index contributed by atoms with van der Waals surface area (Å²) in [5.74, 6) is 0.290. The molecule has 2 aromatic rings. The van der Waals surface area contributed by atoms with Crippen molar-refractivity contribution in [3.05, 3.63) is 57.2 Å². The second-order valence-electron chi connectivity index (χ2n) is 3.59. The number of nitro benzene ring substituents is 1. The Balaban J connectivity index is 2.29. The molecule has 0 saturated heterocycles. The summed E-state index contributed by atoms with van der Waals surface area (Å²) in [6, 6.07) is 6.90. The van der Waals surface area contributed by atoms with Crippen molar-refractivity contribution in [2.45, 2.75) is 0 Å². The van der Waals surface area contributed by atoms with Gasteiger partial charge in [-0.1, -0.05) is 11.6 Å². The van der Waals surface area contributed by atoms with E-state index in [1.54, 1.807) is 12.1 Å².